The molecule has 0 unspecified atom stereocenters. The molecule has 0 spiro atoms. The molecule has 0 bridgehead atoms. The van der Waals surface area contributed by atoms with Crippen LogP contribution in [0.15, 0.2) is 47.6 Å². The van der Waals surface area contributed by atoms with Crippen LogP contribution in [0.1, 0.15) is 5.56 Å². The number of nitrogens with zero attached hydrogens (tertiary/aromatic N) is 6. The first kappa shape index (κ1) is 28.9. The van der Waals surface area contributed by atoms with Crippen LogP contribution in [0.25, 0.3) is 0 Å². The molecule has 0 saturated carbocycles. The summed E-state index contributed by atoms with van der Waals surface area (Å²) in [6.45, 7) is 0. The van der Waals surface area contributed by atoms with Gasteiger partial charge in [0.2, 0.25) is 5.95 Å². The summed E-state index contributed by atoms with van der Waals surface area (Å²) in [5.41, 5.74) is 1.16. The van der Waals surface area contributed by atoms with Gasteiger partial charge in [0.25, 0.3) is 12.1 Å². The van der Waals surface area contributed by atoms with E-state index in [2.05, 4.69) is 35.5 Å². The van der Waals surface area contributed by atoms with Crippen LogP contribution < -0.4 is 31.0 Å². The summed E-state index contributed by atoms with van der Waals surface area (Å²) in [5, 5.41) is 55.1. The van der Waals surface area contributed by atoms with Gasteiger partial charge in [-0.1, -0.05) is 17.9 Å². The number of halogens is 6. The van der Waals surface area contributed by atoms with Crippen molar-refractivity contribution >= 4 is 35.2 Å². The van der Waals surface area contributed by atoms with E-state index in [-0.39, 0.29) is 16.9 Å². The maximum absolute atomic E-state index is 13.0. The molecule has 2 aromatic carbocycles. The van der Waals surface area contributed by atoms with E-state index in [0.29, 0.717) is 0 Å². The van der Waals surface area contributed by atoms with Crippen molar-refractivity contribution in [3.05, 3.63) is 53.2 Å². The van der Waals surface area contributed by atoms with Crippen LogP contribution in [0.4, 0.5) is 55.3 Å². The summed E-state index contributed by atoms with van der Waals surface area (Å²) in [4.78, 5) is 10.4. The number of aromatic nitrogens is 3. The number of ether oxygens (including phenoxy) is 1. The quantitative estimate of drug-likeness (QED) is 0.144. The first-order valence-electron chi connectivity index (χ1n) is 10.0. The number of para-hydroxylation sites is 1. The SMILES string of the molecule is [O-]c1c(C=NNc2nc(Nc3ccc(N([O-])O)cc3)nc(OC(C(F)(F)F)C(F)(F)F)n2)cccc1N(O)O. The second-order valence-corrected chi connectivity index (χ2v) is 7.15. The van der Waals surface area contributed by atoms with Crippen LogP contribution in [0, 0.1) is 5.21 Å². The average molecular weight is 564 g/mol. The number of hydrogen-bond donors (Lipinski definition) is 5. The van der Waals surface area contributed by atoms with Crippen molar-refractivity contribution < 1.29 is 51.8 Å². The van der Waals surface area contributed by atoms with E-state index in [9.17, 15) is 36.7 Å². The molecule has 20 heteroatoms. The highest BCUT2D eigenvalue weighted by molar-refractivity contribution is 5.86. The van der Waals surface area contributed by atoms with Crippen molar-refractivity contribution in [3.8, 4) is 11.8 Å². The van der Waals surface area contributed by atoms with Gasteiger partial charge in [0, 0.05) is 5.69 Å². The highest BCUT2D eigenvalue weighted by Crippen LogP contribution is 2.36. The molecule has 0 aliphatic rings. The number of benzene rings is 2. The zero-order chi connectivity index (χ0) is 29.0. The Hall–Kier alpha value is -4.66. The first-order valence-corrected chi connectivity index (χ1v) is 10.0. The first-order chi connectivity index (χ1) is 18.1. The number of hydrogen-bond acceptors (Lipinski definition) is 14. The van der Waals surface area contributed by atoms with Gasteiger partial charge in [-0.15, -0.1) is 5.23 Å². The smallest absolute Gasteiger partial charge is 0.434 e. The van der Waals surface area contributed by atoms with Crippen LogP contribution in [-0.4, -0.2) is 55.2 Å². The van der Waals surface area contributed by atoms with Crippen LogP contribution in [0.3, 0.4) is 0 Å². The van der Waals surface area contributed by atoms with Crippen molar-refractivity contribution in [1.29, 1.82) is 0 Å². The van der Waals surface area contributed by atoms with E-state index in [4.69, 9.17) is 15.6 Å². The molecular formula is C19H14F6N8O6-2. The summed E-state index contributed by atoms with van der Waals surface area (Å²) in [6, 6.07) is 6.67. The number of alkyl halides is 6. The van der Waals surface area contributed by atoms with Crippen LogP contribution in [0.5, 0.6) is 11.8 Å². The van der Waals surface area contributed by atoms with Gasteiger partial charge in [-0.2, -0.15) is 46.4 Å². The monoisotopic (exact) mass is 564 g/mol. The van der Waals surface area contributed by atoms with Gasteiger partial charge in [0.15, 0.2) is 0 Å². The molecule has 3 aromatic rings. The largest absolute Gasteiger partial charge is 0.870 e. The number of anilines is 5. The van der Waals surface area contributed by atoms with E-state index < -0.39 is 58.3 Å². The minimum Gasteiger partial charge on any atom is -0.870 e. The summed E-state index contributed by atoms with van der Waals surface area (Å²) < 4.78 is 81.9. The maximum Gasteiger partial charge on any atom is 0.434 e. The Balaban J connectivity index is 1.94. The highest BCUT2D eigenvalue weighted by Gasteiger charge is 2.59. The molecule has 210 valence electrons. The normalized spacial score (nSPS) is 12.1. The lowest BCUT2D eigenvalue weighted by atomic mass is 10.2. The third kappa shape index (κ3) is 7.67. The van der Waals surface area contributed by atoms with Gasteiger partial charge >= 0.3 is 18.4 Å². The number of nitrogens with one attached hydrogen (secondary N) is 2. The van der Waals surface area contributed by atoms with Crippen molar-refractivity contribution in [2.24, 2.45) is 5.10 Å². The number of hydrazone groups is 1. The van der Waals surface area contributed by atoms with Gasteiger partial charge in [0.1, 0.15) is 0 Å². The molecule has 1 heterocycles. The highest BCUT2D eigenvalue weighted by atomic mass is 19.4. The molecule has 0 atom stereocenters. The van der Waals surface area contributed by atoms with E-state index in [1.165, 1.54) is 24.3 Å². The molecule has 0 amide bonds. The lowest BCUT2D eigenvalue weighted by Gasteiger charge is -2.23. The van der Waals surface area contributed by atoms with Gasteiger partial charge in [-0.25, -0.2) is 5.43 Å². The Morgan fingerprint density at radius 2 is 1.54 bits per heavy atom. The third-order valence-electron chi connectivity index (χ3n) is 4.39. The predicted molar refractivity (Wildman–Crippen MR) is 117 cm³/mol. The second-order valence-electron chi connectivity index (χ2n) is 7.15. The van der Waals surface area contributed by atoms with E-state index in [1.54, 1.807) is 0 Å². The lowest BCUT2D eigenvalue weighted by molar-refractivity contribution is -0.301. The molecule has 0 aliphatic carbocycles. The summed E-state index contributed by atoms with van der Waals surface area (Å²) in [5.74, 6) is -2.29. The summed E-state index contributed by atoms with van der Waals surface area (Å²) >= 11 is 0. The van der Waals surface area contributed by atoms with Crippen molar-refractivity contribution in [1.82, 2.24) is 15.0 Å². The molecule has 0 radical (unpaired) electrons. The van der Waals surface area contributed by atoms with Crippen molar-refractivity contribution in [2.75, 3.05) is 21.2 Å². The fourth-order valence-electron chi connectivity index (χ4n) is 2.70. The van der Waals surface area contributed by atoms with Crippen molar-refractivity contribution in [3.63, 3.8) is 0 Å². The minimum absolute atomic E-state index is 0.0702. The van der Waals surface area contributed by atoms with Gasteiger partial charge in [-0.05, 0) is 35.9 Å². The predicted octanol–water partition coefficient (Wildman–Crippen LogP) is 3.29. The molecule has 1 aromatic heterocycles. The Morgan fingerprint density at radius 3 is 2.10 bits per heavy atom. The Labute approximate surface area is 212 Å². The molecule has 5 N–H and O–H groups in total. The molecule has 39 heavy (non-hydrogen) atoms. The van der Waals surface area contributed by atoms with E-state index >= 15 is 0 Å². The molecule has 14 nitrogen and oxygen atoms in total. The fourth-order valence-corrected chi connectivity index (χ4v) is 2.70. The Kier molecular flexibility index (Phi) is 8.44. The van der Waals surface area contributed by atoms with Crippen LogP contribution in [-0.2, 0) is 0 Å². The Morgan fingerprint density at radius 1 is 0.923 bits per heavy atom. The zero-order valence-electron chi connectivity index (χ0n) is 18.7. The van der Waals surface area contributed by atoms with E-state index in [1.807, 2.05) is 0 Å². The summed E-state index contributed by atoms with van der Waals surface area (Å²) in [7, 11) is 0. The van der Waals surface area contributed by atoms with Gasteiger partial charge < -0.3 is 25.6 Å². The molecular weight excluding hydrogens is 550 g/mol. The second kappa shape index (κ2) is 11.4. The van der Waals surface area contributed by atoms with Gasteiger partial charge in [-0.3, -0.25) is 15.6 Å². The van der Waals surface area contributed by atoms with Gasteiger partial charge in [0.05, 0.1) is 17.6 Å². The van der Waals surface area contributed by atoms with Crippen LogP contribution in [0.2, 0.25) is 0 Å². The third-order valence-corrected chi connectivity index (χ3v) is 4.39. The minimum atomic E-state index is -5.89. The standard InChI is InChI=1S/C19H15F6N8O6/c20-18(21,22)14(19(23,24)25)39-17-29-15(27-10-4-6-11(7-5-10)32(35)36)28-16(30-17)31-26-8-9-2-1-3-12(13(9)34)33(37)38/h1-8,14,34-35,37-38H,(H2,27,28,29,30,31)/q-1/p-1. The molecule has 0 aliphatic heterocycles. The fraction of sp³-hybridized carbons (Fsp3) is 0.158. The lowest BCUT2D eigenvalue weighted by Crippen LogP contribution is -2.46. The maximum atomic E-state index is 13.0. The number of rotatable bonds is 9. The molecule has 0 saturated heterocycles. The Bertz CT molecular complexity index is 1290. The molecule has 0 fully saturated rings. The zero-order valence-corrected chi connectivity index (χ0v) is 18.7. The van der Waals surface area contributed by atoms with Crippen molar-refractivity contribution in [2.45, 2.75) is 18.5 Å². The van der Waals surface area contributed by atoms with E-state index in [0.717, 1.165) is 24.4 Å². The average Bonchev–Trinajstić information content (AvgIpc) is 2.82. The summed E-state index contributed by atoms with van der Waals surface area (Å²) in [6.07, 6.45) is -15.3. The topological polar surface area (TPSA) is 198 Å². The van der Waals surface area contributed by atoms with Crippen LogP contribution >= 0.6 is 0 Å². The molecule has 3 rings (SSSR count).